The lowest BCUT2D eigenvalue weighted by Gasteiger charge is -2.12. The molecule has 0 aliphatic carbocycles. The third-order valence-electron chi connectivity index (χ3n) is 3.87. The molecule has 0 aliphatic heterocycles. The Balaban J connectivity index is 3.06. The largest absolute Gasteiger partial charge is 0.309 e. The number of hydrogen-bond donors (Lipinski definition) is 0. The molecule has 0 radical (unpaired) electrons. The fourth-order valence-electron chi connectivity index (χ4n) is 2.90. The van der Waals surface area contributed by atoms with Gasteiger partial charge in [-0.1, -0.05) is 68.1 Å². The van der Waals surface area contributed by atoms with Gasteiger partial charge < -0.3 is 4.57 Å². The van der Waals surface area contributed by atoms with E-state index in [1.54, 1.807) is 6.08 Å². The SMILES string of the molecule is C=C/C=C\c1c(CC)c(=C/C=C)/c(=C\C)n1-c1cccc(Cl)c1Br. The molecule has 0 amide bonds. The number of aromatic nitrogens is 1. The van der Waals surface area contributed by atoms with Crippen LogP contribution in [0.5, 0.6) is 0 Å². The molecule has 0 unspecified atom stereocenters. The zero-order valence-electron chi connectivity index (χ0n) is 14.0. The van der Waals surface area contributed by atoms with Crippen LogP contribution < -0.4 is 10.6 Å². The van der Waals surface area contributed by atoms with Gasteiger partial charge in [0.15, 0.2) is 0 Å². The number of rotatable bonds is 5. The summed E-state index contributed by atoms with van der Waals surface area (Å²) in [5, 5.41) is 3.00. The lowest BCUT2D eigenvalue weighted by Crippen LogP contribution is -2.29. The molecular weight excluding hydrogens is 382 g/mol. The molecule has 124 valence electrons. The highest BCUT2D eigenvalue weighted by atomic mass is 79.9. The van der Waals surface area contributed by atoms with E-state index in [4.69, 9.17) is 11.6 Å². The van der Waals surface area contributed by atoms with Crippen molar-refractivity contribution >= 4 is 45.8 Å². The first-order valence-corrected chi connectivity index (χ1v) is 9.03. The van der Waals surface area contributed by atoms with Crippen molar-refractivity contribution in [2.45, 2.75) is 20.3 Å². The predicted octanol–water partition coefficient (Wildman–Crippen LogP) is 5.42. The van der Waals surface area contributed by atoms with Crippen LogP contribution in [0.2, 0.25) is 5.02 Å². The predicted molar refractivity (Wildman–Crippen MR) is 111 cm³/mol. The molecule has 3 heteroatoms. The maximum Gasteiger partial charge on any atom is 0.0619 e. The van der Waals surface area contributed by atoms with E-state index in [-0.39, 0.29) is 0 Å². The zero-order chi connectivity index (χ0) is 17.7. The average Bonchev–Trinajstić information content (AvgIpc) is 2.88. The van der Waals surface area contributed by atoms with Gasteiger partial charge in [0, 0.05) is 10.6 Å². The van der Waals surface area contributed by atoms with Crippen molar-refractivity contribution in [2.24, 2.45) is 0 Å². The average molecular weight is 403 g/mol. The van der Waals surface area contributed by atoms with E-state index in [9.17, 15) is 0 Å². The summed E-state index contributed by atoms with van der Waals surface area (Å²) in [5.41, 5.74) is 3.41. The van der Waals surface area contributed by atoms with Gasteiger partial charge in [-0.3, -0.25) is 0 Å². The first-order chi connectivity index (χ1) is 11.6. The third-order valence-corrected chi connectivity index (χ3v) is 5.24. The van der Waals surface area contributed by atoms with Gasteiger partial charge in [-0.05, 0) is 53.0 Å². The van der Waals surface area contributed by atoms with Gasteiger partial charge in [0.25, 0.3) is 0 Å². The van der Waals surface area contributed by atoms with E-state index in [1.165, 1.54) is 10.8 Å². The maximum atomic E-state index is 6.33. The van der Waals surface area contributed by atoms with Gasteiger partial charge in [-0.2, -0.15) is 0 Å². The first kappa shape index (κ1) is 18.6. The number of hydrogen-bond acceptors (Lipinski definition) is 0. The van der Waals surface area contributed by atoms with E-state index in [1.807, 2.05) is 31.2 Å². The van der Waals surface area contributed by atoms with Crippen LogP contribution in [0.4, 0.5) is 0 Å². The first-order valence-electron chi connectivity index (χ1n) is 7.86. The number of allylic oxidation sites excluding steroid dienone is 3. The molecule has 24 heavy (non-hydrogen) atoms. The van der Waals surface area contributed by atoms with Gasteiger partial charge >= 0.3 is 0 Å². The lowest BCUT2D eigenvalue weighted by atomic mass is 10.1. The van der Waals surface area contributed by atoms with Gasteiger partial charge in [0.2, 0.25) is 0 Å². The van der Waals surface area contributed by atoms with Crippen molar-refractivity contribution < 1.29 is 0 Å². The maximum absolute atomic E-state index is 6.33. The van der Waals surface area contributed by atoms with Crippen molar-refractivity contribution in [2.75, 3.05) is 0 Å². The van der Waals surface area contributed by atoms with Crippen LogP contribution in [0, 0.1) is 0 Å². The monoisotopic (exact) mass is 401 g/mol. The van der Waals surface area contributed by atoms with Crippen LogP contribution in [0.15, 0.2) is 54.1 Å². The minimum atomic E-state index is 0.689. The quantitative estimate of drug-likeness (QED) is 0.588. The molecule has 1 nitrogen and oxygen atoms in total. The molecule has 0 fully saturated rings. The molecule has 1 aromatic carbocycles. The Labute approximate surface area is 157 Å². The summed E-state index contributed by atoms with van der Waals surface area (Å²) in [7, 11) is 0. The van der Waals surface area contributed by atoms with Crippen LogP contribution in [-0.4, -0.2) is 4.57 Å². The minimum absolute atomic E-state index is 0.689. The molecule has 0 bridgehead atoms. The number of benzene rings is 1. The summed E-state index contributed by atoms with van der Waals surface area (Å²) < 4.78 is 3.11. The Kier molecular flexibility index (Phi) is 6.47. The highest BCUT2D eigenvalue weighted by Crippen LogP contribution is 2.29. The van der Waals surface area contributed by atoms with E-state index >= 15 is 0 Å². The summed E-state index contributed by atoms with van der Waals surface area (Å²) in [6.45, 7) is 11.9. The lowest BCUT2D eigenvalue weighted by molar-refractivity contribution is 0.996. The molecule has 0 atom stereocenters. The standard InChI is InChI=1S/C21H21BrClN/c1-5-9-13-19-15(7-3)16(11-6-2)18(8-4)24(19)20-14-10-12-17(23)21(20)22/h5-6,8-14H,1-2,7H2,3-4H3/b13-9-,16-11-,18-8+. The van der Waals surface area contributed by atoms with Gasteiger partial charge in [0.05, 0.1) is 20.9 Å². The fourth-order valence-corrected chi connectivity index (χ4v) is 3.51. The van der Waals surface area contributed by atoms with Crippen molar-refractivity contribution in [3.05, 3.63) is 80.9 Å². The topological polar surface area (TPSA) is 4.93 Å². The molecule has 0 aliphatic rings. The summed E-state index contributed by atoms with van der Waals surface area (Å²) >= 11 is 9.97. The van der Waals surface area contributed by atoms with E-state index in [0.717, 1.165) is 27.6 Å². The van der Waals surface area contributed by atoms with Crippen LogP contribution >= 0.6 is 27.5 Å². The van der Waals surface area contributed by atoms with Crippen molar-refractivity contribution in [3.8, 4) is 5.69 Å². The Hall–Kier alpha value is -1.77. The molecule has 0 saturated heterocycles. The molecule has 0 spiro atoms. The van der Waals surface area contributed by atoms with Crippen LogP contribution in [0.3, 0.4) is 0 Å². The second-order valence-electron chi connectivity index (χ2n) is 5.21. The summed E-state index contributed by atoms with van der Waals surface area (Å²) in [4.78, 5) is 0. The Morgan fingerprint density at radius 3 is 2.58 bits per heavy atom. The number of halogens is 2. The van der Waals surface area contributed by atoms with E-state index in [0.29, 0.717) is 5.02 Å². The van der Waals surface area contributed by atoms with Gasteiger partial charge in [-0.25, -0.2) is 0 Å². The fraction of sp³-hybridized carbons (Fsp3) is 0.143. The highest BCUT2D eigenvalue weighted by molar-refractivity contribution is 9.10. The molecule has 2 rings (SSSR count). The molecule has 0 saturated carbocycles. The van der Waals surface area contributed by atoms with Crippen LogP contribution in [0.1, 0.15) is 25.1 Å². The molecule has 1 heterocycles. The van der Waals surface area contributed by atoms with Crippen LogP contribution in [0.25, 0.3) is 23.9 Å². The molecule has 0 N–H and O–H groups in total. The summed E-state index contributed by atoms with van der Waals surface area (Å²) in [6.07, 6.45) is 12.8. The van der Waals surface area contributed by atoms with E-state index < -0.39 is 0 Å². The molecular formula is C21H21BrClN. The summed E-state index contributed by atoms with van der Waals surface area (Å²) in [5.74, 6) is 0. The normalized spacial score (nSPS) is 13.0. The Bertz CT molecular complexity index is 916. The van der Waals surface area contributed by atoms with Gasteiger partial charge in [0.1, 0.15) is 0 Å². The Morgan fingerprint density at radius 1 is 1.25 bits per heavy atom. The zero-order valence-corrected chi connectivity index (χ0v) is 16.4. The smallest absolute Gasteiger partial charge is 0.0619 e. The second-order valence-corrected chi connectivity index (χ2v) is 6.41. The summed E-state index contributed by atoms with van der Waals surface area (Å²) in [6, 6.07) is 5.90. The van der Waals surface area contributed by atoms with Crippen LogP contribution in [-0.2, 0) is 6.42 Å². The second kappa shape index (κ2) is 8.36. The molecule has 2 aromatic rings. The van der Waals surface area contributed by atoms with E-state index in [2.05, 4.69) is 64.9 Å². The minimum Gasteiger partial charge on any atom is -0.309 e. The van der Waals surface area contributed by atoms with Crippen molar-refractivity contribution in [1.82, 2.24) is 4.57 Å². The van der Waals surface area contributed by atoms with Crippen molar-refractivity contribution in [1.29, 1.82) is 0 Å². The Morgan fingerprint density at radius 2 is 2.00 bits per heavy atom. The molecule has 1 aromatic heterocycles. The third kappa shape index (κ3) is 3.35. The van der Waals surface area contributed by atoms with Crippen molar-refractivity contribution in [3.63, 3.8) is 0 Å². The number of nitrogens with zero attached hydrogens (tertiary/aromatic N) is 1. The van der Waals surface area contributed by atoms with Gasteiger partial charge in [-0.15, -0.1) is 0 Å². The highest BCUT2D eigenvalue weighted by Gasteiger charge is 2.15.